The summed E-state index contributed by atoms with van der Waals surface area (Å²) in [6, 6.07) is 8.24. The van der Waals surface area contributed by atoms with Gasteiger partial charge in [0, 0.05) is 18.3 Å². The van der Waals surface area contributed by atoms with Crippen molar-refractivity contribution < 1.29 is 14.8 Å². The summed E-state index contributed by atoms with van der Waals surface area (Å²) >= 11 is 0. The number of hydrazine groups is 1. The largest absolute Gasteiger partial charge is 0.478 e. The Labute approximate surface area is 113 Å². The van der Waals surface area contributed by atoms with Crippen molar-refractivity contribution in [2.24, 2.45) is 5.84 Å². The number of anilines is 2. The van der Waals surface area contributed by atoms with Gasteiger partial charge in [0.25, 0.3) is 5.69 Å². The van der Waals surface area contributed by atoms with Gasteiger partial charge >= 0.3 is 5.97 Å². The van der Waals surface area contributed by atoms with Gasteiger partial charge in [-0.1, -0.05) is 0 Å². The van der Waals surface area contributed by atoms with E-state index in [0.29, 0.717) is 5.69 Å². The van der Waals surface area contributed by atoms with Crippen LogP contribution in [-0.2, 0) is 0 Å². The Kier molecular flexibility index (Phi) is 3.58. The fourth-order valence-electron chi connectivity index (χ4n) is 1.61. The van der Waals surface area contributed by atoms with E-state index in [0.717, 1.165) is 5.01 Å². The average molecular weight is 274 g/mol. The fraction of sp³-hybridized carbons (Fsp3) is 0. The van der Waals surface area contributed by atoms with E-state index in [1.165, 1.54) is 42.6 Å². The zero-order chi connectivity index (χ0) is 14.7. The number of rotatable bonds is 4. The van der Waals surface area contributed by atoms with E-state index in [9.17, 15) is 14.9 Å². The molecule has 2 aromatic rings. The van der Waals surface area contributed by atoms with Gasteiger partial charge in [0.15, 0.2) is 5.82 Å². The fourth-order valence-corrected chi connectivity index (χ4v) is 1.61. The predicted octanol–water partition coefficient (Wildman–Crippen LogP) is 1.70. The molecule has 8 nitrogen and oxygen atoms in total. The molecule has 0 aliphatic carbocycles. The number of nitrogens with two attached hydrogens (primary N) is 1. The van der Waals surface area contributed by atoms with Gasteiger partial charge < -0.3 is 5.11 Å². The molecular weight excluding hydrogens is 264 g/mol. The predicted molar refractivity (Wildman–Crippen MR) is 70.6 cm³/mol. The molecule has 8 heteroatoms. The molecule has 102 valence electrons. The first-order chi connectivity index (χ1) is 9.50. The van der Waals surface area contributed by atoms with Gasteiger partial charge in [-0.05, 0) is 24.3 Å². The van der Waals surface area contributed by atoms with E-state index >= 15 is 0 Å². The van der Waals surface area contributed by atoms with E-state index in [4.69, 9.17) is 10.9 Å². The molecule has 20 heavy (non-hydrogen) atoms. The van der Waals surface area contributed by atoms with E-state index in [2.05, 4.69) is 4.98 Å². The summed E-state index contributed by atoms with van der Waals surface area (Å²) in [6.07, 6.45) is 1.41. The Balaban J connectivity index is 2.38. The number of benzene rings is 1. The van der Waals surface area contributed by atoms with Crippen molar-refractivity contribution in [2.45, 2.75) is 0 Å². The zero-order valence-electron chi connectivity index (χ0n) is 10.1. The summed E-state index contributed by atoms with van der Waals surface area (Å²) in [6.45, 7) is 0. The maximum Gasteiger partial charge on any atom is 0.339 e. The second-order valence-corrected chi connectivity index (χ2v) is 3.82. The molecule has 0 fully saturated rings. The van der Waals surface area contributed by atoms with Crippen molar-refractivity contribution in [1.82, 2.24) is 4.98 Å². The Morgan fingerprint density at radius 3 is 2.50 bits per heavy atom. The lowest BCUT2D eigenvalue weighted by Crippen LogP contribution is -2.27. The molecule has 0 aliphatic rings. The summed E-state index contributed by atoms with van der Waals surface area (Å²) in [4.78, 5) is 25.0. The van der Waals surface area contributed by atoms with Crippen LogP contribution in [-0.4, -0.2) is 21.0 Å². The lowest BCUT2D eigenvalue weighted by atomic mass is 10.2. The highest BCUT2D eigenvalue weighted by Crippen LogP contribution is 2.25. The maximum absolute atomic E-state index is 11.1. The minimum Gasteiger partial charge on any atom is -0.478 e. The van der Waals surface area contributed by atoms with Crippen LogP contribution in [0.2, 0.25) is 0 Å². The monoisotopic (exact) mass is 274 g/mol. The van der Waals surface area contributed by atoms with E-state index in [-0.39, 0.29) is 17.1 Å². The van der Waals surface area contributed by atoms with E-state index < -0.39 is 10.9 Å². The number of hydrogen-bond acceptors (Lipinski definition) is 6. The lowest BCUT2D eigenvalue weighted by molar-refractivity contribution is -0.384. The van der Waals surface area contributed by atoms with Gasteiger partial charge in [-0.15, -0.1) is 0 Å². The van der Waals surface area contributed by atoms with Crippen LogP contribution in [0, 0.1) is 10.1 Å². The van der Waals surface area contributed by atoms with Gasteiger partial charge in [-0.3, -0.25) is 15.1 Å². The number of hydrogen-bond donors (Lipinski definition) is 2. The molecule has 0 atom stereocenters. The van der Waals surface area contributed by atoms with Crippen LogP contribution in [0.25, 0.3) is 0 Å². The first-order valence-electron chi connectivity index (χ1n) is 5.48. The Morgan fingerprint density at radius 2 is 1.95 bits per heavy atom. The average Bonchev–Trinajstić information content (AvgIpc) is 2.46. The van der Waals surface area contributed by atoms with Gasteiger partial charge in [0.2, 0.25) is 0 Å². The van der Waals surface area contributed by atoms with Gasteiger partial charge in [-0.2, -0.15) is 0 Å². The molecule has 3 N–H and O–H groups in total. The number of non-ortho nitro benzene ring substituents is 1. The third-order valence-electron chi connectivity index (χ3n) is 2.58. The molecule has 0 unspecified atom stereocenters. The molecule has 0 saturated carbocycles. The highest BCUT2D eigenvalue weighted by molar-refractivity contribution is 5.94. The highest BCUT2D eigenvalue weighted by atomic mass is 16.6. The zero-order valence-corrected chi connectivity index (χ0v) is 10.1. The lowest BCUT2D eigenvalue weighted by Gasteiger charge is -2.18. The minimum absolute atomic E-state index is 0.0499. The van der Waals surface area contributed by atoms with Crippen LogP contribution in [0.1, 0.15) is 10.4 Å². The van der Waals surface area contributed by atoms with Crippen LogP contribution in [0.15, 0.2) is 42.6 Å². The molecule has 0 bridgehead atoms. The summed E-state index contributed by atoms with van der Waals surface area (Å²) in [5.74, 6) is 4.71. The first kappa shape index (κ1) is 13.4. The third kappa shape index (κ3) is 2.54. The molecule has 0 radical (unpaired) electrons. The van der Waals surface area contributed by atoms with Gasteiger partial charge in [0.05, 0.1) is 10.6 Å². The van der Waals surface area contributed by atoms with Crippen LogP contribution in [0.4, 0.5) is 17.2 Å². The molecule has 1 aromatic carbocycles. The quantitative estimate of drug-likeness (QED) is 0.494. The minimum atomic E-state index is -1.16. The number of aromatic nitrogens is 1. The number of aromatic carboxylic acids is 1. The number of pyridine rings is 1. The molecule has 0 saturated heterocycles. The molecule has 1 aromatic heterocycles. The van der Waals surface area contributed by atoms with Crippen LogP contribution in [0.3, 0.4) is 0 Å². The Bertz CT molecular complexity index is 657. The molecule has 0 amide bonds. The standard InChI is InChI=1S/C12H10N4O4/c13-15(8-3-5-9(6-4-8)16(19)20)11-10(12(17)18)2-1-7-14-11/h1-7H,13H2,(H,17,18). The molecule has 2 rings (SSSR count). The normalized spacial score (nSPS) is 10.1. The molecular formula is C12H10N4O4. The van der Waals surface area contributed by atoms with Crippen molar-refractivity contribution >= 4 is 23.2 Å². The number of carbonyl (C=O) groups is 1. The van der Waals surface area contributed by atoms with Crippen molar-refractivity contribution in [3.05, 3.63) is 58.3 Å². The third-order valence-corrected chi connectivity index (χ3v) is 2.58. The summed E-state index contributed by atoms with van der Waals surface area (Å²) in [5, 5.41) is 20.7. The van der Waals surface area contributed by atoms with E-state index in [1.54, 1.807) is 0 Å². The van der Waals surface area contributed by atoms with E-state index in [1.807, 2.05) is 0 Å². The Hall–Kier alpha value is -3.00. The van der Waals surface area contributed by atoms with Crippen molar-refractivity contribution in [3.8, 4) is 0 Å². The van der Waals surface area contributed by atoms with Crippen LogP contribution < -0.4 is 10.9 Å². The van der Waals surface area contributed by atoms with Crippen molar-refractivity contribution in [1.29, 1.82) is 0 Å². The molecule has 0 aliphatic heterocycles. The Morgan fingerprint density at radius 1 is 1.30 bits per heavy atom. The number of carboxylic acid groups (broad SMARTS) is 1. The SMILES string of the molecule is NN(c1ccc([N+](=O)[O-])cc1)c1ncccc1C(=O)O. The second-order valence-electron chi connectivity index (χ2n) is 3.82. The van der Waals surface area contributed by atoms with Crippen LogP contribution >= 0.6 is 0 Å². The number of nitro groups is 1. The summed E-state index contributed by atoms with van der Waals surface area (Å²) < 4.78 is 0. The number of nitrogens with zero attached hydrogens (tertiary/aromatic N) is 3. The smallest absolute Gasteiger partial charge is 0.339 e. The van der Waals surface area contributed by atoms with Crippen molar-refractivity contribution in [2.75, 3.05) is 5.01 Å². The first-order valence-corrected chi connectivity index (χ1v) is 5.48. The van der Waals surface area contributed by atoms with Crippen molar-refractivity contribution in [3.63, 3.8) is 0 Å². The number of nitro benzene ring substituents is 1. The molecule has 0 spiro atoms. The second kappa shape index (κ2) is 5.33. The van der Waals surface area contributed by atoms with Crippen LogP contribution in [0.5, 0.6) is 0 Å². The van der Waals surface area contributed by atoms with Gasteiger partial charge in [0.1, 0.15) is 5.56 Å². The topological polar surface area (TPSA) is 123 Å². The maximum atomic E-state index is 11.1. The number of carboxylic acids is 1. The van der Waals surface area contributed by atoms with Gasteiger partial charge in [-0.25, -0.2) is 15.6 Å². The summed E-state index contributed by atoms with van der Waals surface area (Å²) in [7, 11) is 0. The molecule has 1 heterocycles. The highest BCUT2D eigenvalue weighted by Gasteiger charge is 2.16. The summed E-state index contributed by atoms with van der Waals surface area (Å²) in [5.41, 5.74) is 0.242.